The number of amides is 1. The summed E-state index contributed by atoms with van der Waals surface area (Å²) in [5.41, 5.74) is 3.24. The Bertz CT molecular complexity index is 786. The number of carbonyl (C=O) groups excluding carboxylic acids is 1. The lowest BCUT2D eigenvalue weighted by Crippen LogP contribution is -2.32. The third-order valence-electron chi connectivity index (χ3n) is 5.43. The average Bonchev–Trinajstić information content (AvgIpc) is 3.24. The van der Waals surface area contributed by atoms with Gasteiger partial charge in [-0.1, -0.05) is 12.1 Å². The van der Waals surface area contributed by atoms with E-state index in [2.05, 4.69) is 34.1 Å². The Morgan fingerprint density at radius 1 is 1.04 bits per heavy atom. The molecule has 2 aromatic rings. The summed E-state index contributed by atoms with van der Waals surface area (Å²) in [6, 6.07) is 16.3. The molecule has 4 rings (SSSR count). The predicted molar refractivity (Wildman–Crippen MR) is 104 cm³/mol. The zero-order chi connectivity index (χ0) is 18.3. The second kappa shape index (κ2) is 6.65. The lowest BCUT2D eigenvalue weighted by Gasteiger charge is -2.30. The minimum Gasteiger partial charge on any atom is -0.497 e. The van der Waals surface area contributed by atoms with Gasteiger partial charge >= 0.3 is 0 Å². The van der Waals surface area contributed by atoms with Gasteiger partial charge in [0.05, 0.1) is 13.2 Å². The molecular weight excluding hydrogens is 326 g/mol. The Balaban J connectivity index is 1.73. The van der Waals surface area contributed by atoms with Gasteiger partial charge in [0.25, 0.3) is 0 Å². The Morgan fingerprint density at radius 2 is 1.73 bits per heavy atom. The Kier molecular flexibility index (Phi) is 4.32. The molecule has 0 N–H and O–H groups in total. The lowest BCUT2D eigenvalue weighted by atomic mass is 10.1. The number of anilines is 2. The molecule has 2 aliphatic rings. The quantitative estimate of drug-likeness (QED) is 0.847. The fourth-order valence-corrected chi connectivity index (χ4v) is 4.07. The zero-order valence-electron chi connectivity index (χ0n) is 15.6. The van der Waals surface area contributed by atoms with Crippen molar-refractivity contribution in [1.29, 1.82) is 0 Å². The topological polar surface area (TPSA) is 36.0 Å². The summed E-state index contributed by atoms with van der Waals surface area (Å²) in [6.07, 6.45) is 1.98. The lowest BCUT2D eigenvalue weighted by molar-refractivity contribution is -0.119. The highest BCUT2D eigenvalue weighted by atomic mass is 16.5. The minimum atomic E-state index is -0.0420. The molecule has 2 unspecified atom stereocenters. The van der Waals surface area contributed by atoms with Gasteiger partial charge in [0.15, 0.2) is 0 Å². The maximum atomic E-state index is 13.1. The number of carbonyl (C=O) groups is 1. The van der Waals surface area contributed by atoms with Crippen LogP contribution in [0.3, 0.4) is 0 Å². The third kappa shape index (κ3) is 2.72. The van der Waals surface area contributed by atoms with E-state index in [4.69, 9.17) is 4.74 Å². The minimum absolute atomic E-state index is 0.00405. The summed E-state index contributed by atoms with van der Waals surface area (Å²) in [6.45, 7) is 0.961. The number of rotatable bonds is 4. The van der Waals surface area contributed by atoms with Gasteiger partial charge in [-0.3, -0.25) is 14.6 Å². The standard InChI is InChI=1S/C21H25N3O2/c1-22(2)16-8-6-15(7-9-16)20-23-14-4-5-19(23)21(25)24(20)17-10-12-18(26-3)13-11-17/h6-13,19-20H,4-5,14H2,1-3H3. The molecule has 2 aromatic carbocycles. The van der Waals surface area contributed by atoms with Gasteiger partial charge in [-0.15, -0.1) is 0 Å². The van der Waals surface area contributed by atoms with Crippen LogP contribution in [0.15, 0.2) is 48.5 Å². The molecule has 2 atom stereocenters. The molecular formula is C21H25N3O2. The van der Waals surface area contributed by atoms with Gasteiger partial charge in [-0.05, 0) is 54.8 Å². The first-order valence-corrected chi connectivity index (χ1v) is 9.10. The smallest absolute Gasteiger partial charge is 0.246 e. The molecule has 5 heteroatoms. The van der Waals surface area contributed by atoms with Crippen molar-refractivity contribution in [2.75, 3.05) is 37.5 Å². The monoisotopic (exact) mass is 351 g/mol. The van der Waals surface area contributed by atoms with Crippen LogP contribution in [0.2, 0.25) is 0 Å². The molecule has 136 valence electrons. The van der Waals surface area contributed by atoms with Crippen LogP contribution in [-0.4, -0.2) is 44.6 Å². The van der Waals surface area contributed by atoms with Crippen LogP contribution >= 0.6 is 0 Å². The number of benzene rings is 2. The number of fused-ring (bicyclic) bond motifs is 1. The Labute approximate surface area is 154 Å². The first-order chi connectivity index (χ1) is 12.6. The van der Waals surface area contributed by atoms with Gasteiger partial charge in [0.2, 0.25) is 5.91 Å². The van der Waals surface area contributed by atoms with E-state index in [0.29, 0.717) is 0 Å². The highest BCUT2D eigenvalue weighted by molar-refractivity contribution is 6.00. The molecule has 1 amide bonds. The highest BCUT2D eigenvalue weighted by Gasteiger charge is 2.49. The molecule has 5 nitrogen and oxygen atoms in total. The molecule has 26 heavy (non-hydrogen) atoms. The van der Waals surface area contributed by atoms with Crippen molar-refractivity contribution in [2.24, 2.45) is 0 Å². The molecule has 0 aliphatic carbocycles. The van der Waals surface area contributed by atoms with Crippen LogP contribution in [0.1, 0.15) is 24.6 Å². The summed E-state index contributed by atoms with van der Waals surface area (Å²) in [5.74, 6) is 1.00. The van der Waals surface area contributed by atoms with E-state index in [9.17, 15) is 4.79 Å². The SMILES string of the molecule is COc1ccc(N2C(=O)C3CCCN3C2c2ccc(N(C)C)cc2)cc1. The second-order valence-electron chi connectivity index (χ2n) is 7.16. The third-order valence-corrected chi connectivity index (χ3v) is 5.43. The van der Waals surface area contributed by atoms with E-state index < -0.39 is 0 Å². The number of hydrogen-bond donors (Lipinski definition) is 0. The maximum absolute atomic E-state index is 13.1. The normalized spacial score (nSPS) is 22.6. The van der Waals surface area contributed by atoms with Crippen LogP contribution < -0.4 is 14.5 Å². The molecule has 2 fully saturated rings. The van der Waals surface area contributed by atoms with Crippen LogP contribution in [0, 0.1) is 0 Å². The van der Waals surface area contributed by atoms with Gasteiger partial charge in [0.1, 0.15) is 11.9 Å². The number of hydrogen-bond acceptors (Lipinski definition) is 4. The number of ether oxygens (including phenoxy) is 1. The van der Waals surface area contributed by atoms with Crippen molar-refractivity contribution < 1.29 is 9.53 Å². The molecule has 0 radical (unpaired) electrons. The van der Waals surface area contributed by atoms with E-state index in [1.165, 1.54) is 0 Å². The van der Waals surface area contributed by atoms with E-state index >= 15 is 0 Å². The number of methoxy groups -OCH3 is 1. The van der Waals surface area contributed by atoms with E-state index in [1.807, 2.05) is 43.3 Å². The summed E-state index contributed by atoms with van der Waals surface area (Å²) in [7, 11) is 5.73. The summed E-state index contributed by atoms with van der Waals surface area (Å²) < 4.78 is 5.26. The van der Waals surface area contributed by atoms with Crippen molar-refractivity contribution in [3.05, 3.63) is 54.1 Å². The molecule has 2 heterocycles. The van der Waals surface area contributed by atoms with Crippen LogP contribution in [0.5, 0.6) is 5.75 Å². The van der Waals surface area contributed by atoms with Crippen molar-refractivity contribution in [1.82, 2.24) is 4.90 Å². The average molecular weight is 351 g/mol. The molecule has 0 aromatic heterocycles. The molecule has 2 saturated heterocycles. The van der Waals surface area contributed by atoms with Crippen molar-refractivity contribution in [3.63, 3.8) is 0 Å². The Morgan fingerprint density at radius 3 is 2.35 bits per heavy atom. The van der Waals surface area contributed by atoms with E-state index in [0.717, 1.165) is 42.1 Å². The van der Waals surface area contributed by atoms with Crippen molar-refractivity contribution in [2.45, 2.75) is 25.0 Å². The van der Waals surface area contributed by atoms with E-state index in [-0.39, 0.29) is 18.1 Å². The Hall–Kier alpha value is -2.53. The van der Waals surface area contributed by atoms with E-state index in [1.54, 1.807) is 7.11 Å². The fourth-order valence-electron chi connectivity index (χ4n) is 4.07. The molecule has 0 bridgehead atoms. The fraction of sp³-hybridized carbons (Fsp3) is 0.381. The van der Waals surface area contributed by atoms with Crippen molar-refractivity contribution in [3.8, 4) is 5.75 Å². The van der Waals surface area contributed by atoms with Crippen LogP contribution in [0.4, 0.5) is 11.4 Å². The number of nitrogens with zero attached hydrogens (tertiary/aromatic N) is 3. The van der Waals surface area contributed by atoms with Gasteiger partial charge in [-0.25, -0.2) is 0 Å². The zero-order valence-corrected chi connectivity index (χ0v) is 15.6. The van der Waals surface area contributed by atoms with Gasteiger partial charge < -0.3 is 9.64 Å². The highest BCUT2D eigenvalue weighted by Crippen LogP contribution is 2.42. The molecule has 0 saturated carbocycles. The summed E-state index contributed by atoms with van der Waals surface area (Å²) >= 11 is 0. The largest absolute Gasteiger partial charge is 0.497 e. The molecule has 0 spiro atoms. The molecule has 2 aliphatic heterocycles. The van der Waals surface area contributed by atoms with Crippen molar-refractivity contribution >= 4 is 17.3 Å². The summed E-state index contributed by atoms with van der Waals surface area (Å²) in [4.78, 5) is 19.5. The van der Waals surface area contributed by atoms with Crippen LogP contribution in [0.25, 0.3) is 0 Å². The predicted octanol–water partition coefficient (Wildman–Crippen LogP) is 3.27. The first kappa shape index (κ1) is 16.9. The second-order valence-corrected chi connectivity index (χ2v) is 7.16. The van der Waals surface area contributed by atoms with Gasteiger partial charge in [0, 0.05) is 32.0 Å². The maximum Gasteiger partial charge on any atom is 0.246 e. The first-order valence-electron chi connectivity index (χ1n) is 9.10. The summed E-state index contributed by atoms with van der Waals surface area (Å²) in [5, 5.41) is 0. The van der Waals surface area contributed by atoms with Gasteiger partial charge in [-0.2, -0.15) is 0 Å². The van der Waals surface area contributed by atoms with Crippen LogP contribution in [-0.2, 0) is 4.79 Å².